The topological polar surface area (TPSA) is 106 Å². The maximum Gasteiger partial charge on any atom is 0.260 e. The largest absolute Gasteiger partial charge is 0.388 e. The summed E-state index contributed by atoms with van der Waals surface area (Å²) < 4.78 is 33.1. The van der Waals surface area contributed by atoms with E-state index in [4.69, 9.17) is 4.74 Å². The van der Waals surface area contributed by atoms with Gasteiger partial charge in [-0.1, -0.05) is 5.21 Å². The first-order chi connectivity index (χ1) is 8.84. The minimum absolute atomic E-state index is 0.0592. The molecule has 19 heavy (non-hydrogen) atoms. The van der Waals surface area contributed by atoms with Crippen molar-refractivity contribution >= 4 is 26.0 Å². The van der Waals surface area contributed by atoms with Crippen molar-refractivity contribution in [2.75, 3.05) is 19.8 Å². The molecule has 1 aliphatic rings. The summed E-state index contributed by atoms with van der Waals surface area (Å²) in [5.41, 5.74) is -1.07. The monoisotopic (exact) mass is 354 g/mol. The van der Waals surface area contributed by atoms with Gasteiger partial charge < -0.3 is 9.84 Å². The number of aliphatic hydroxyl groups is 1. The molecule has 1 aromatic heterocycles. The van der Waals surface area contributed by atoms with Crippen LogP contribution in [0, 0.1) is 0 Å². The van der Waals surface area contributed by atoms with Crippen LogP contribution in [0.4, 0.5) is 0 Å². The lowest BCUT2D eigenvalue weighted by atomic mass is 9.95. The van der Waals surface area contributed by atoms with Crippen LogP contribution in [0.1, 0.15) is 12.8 Å². The van der Waals surface area contributed by atoms with E-state index in [9.17, 15) is 13.5 Å². The molecule has 0 aliphatic carbocycles. The lowest BCUT2D eigenvalue weighted by Crippen LogP contribution is -2.46. The highest BCUT2D eigenvalue weighted by atomic mass is 79.9. The van der Waals surface area contributed by atoms with Gasteiger partial charge in [-0.05, 0) is 15.9 Å². The summed E-state index contributed by atoms with van der Waals surface area (Å²) in [6.45, 7) is 0.792. The Morgan fingerprint density at radius 2 is 2.16 bits per heavy atom. The SMILES string of the molecule is Cn1nnc(Br)c1S(=O)(=O)NCC1(O)CCOCC1. The second kappa shape index (κ2) is 5.44. The summed E-state index contributed by atoms with van der Waals surface area (Å²) in [6, 6.07) is 0. The van der Waals surface area contributed by atoms with Crippen LogP contribution in [-0.4, -0.2) is 53.9 Å². The Kier molecular flexibility index (Phi) is 4.26. The highest BCUT2D eigenvalue weighted by Gasteiger charge is 2.33. The molecule has 10 heteroatoms. The molecule has 2 heterocycles. The molecule has 1 saturated heterocycles. The highest BCUT2D eigenvalue weighted by molar-refractivity contribution is 9.10. The van der Waals surface area contributed by atoms with Gasteiger partial charge >= 0.3 is 0 Å². The van der Waals surface area contributed by atoms with Crippen LogP contribution in [0.15, 0.2) is 9.63 Å². The summed E-state index contributed by atoms with van der Waals surface area (Å²) in [7, 11) is -2.29. The van der Waals surface area contributed by atoms with Gasteiger partial charge in [-0.2, -0.15) is 0 Å². The average molecular weight is 355 g/mol. The summed E-state index contributed by atoms with van der Waals surface area (Å²) in [4.78, 5) is 0. The quantitative estimate of drug-likeness (QED) is 0.747. The van der Waals surface area contributed by atoms with Gasteiger partial charge in [-0.3, -0.25) is 0 Å². The van der Waals surface area contributed by atoms with Crippen molar-refractivity contribution in [2.45, 2.75) is 23.5 Å². The number of halogens is 1. The molecule has 2 rings (SSSR count). The number of rotatable bonds is 4. The number of nitrogens with zero attached hydrogens (tertiary/aromatic N) is 3. The normalized spacial score (nSPS) is 19.5. The first-order valence-electron chi connectivity index (χ1n) is 5.69. The van der Waals surface area contributed by atoms with E-state index in [1.165, 1.54) is 7.05 Å². The van der Waals surface area contributed by atoms with E-state index in [0.29, 0.717) is 26.1 Å². The van der Waals surface area contributed by atoms with E-state index < -0.39 is 15.6 Å². The Morgan fingerprint density at radius 3 is 2.68 bits per heavy atom. The number of sulfonamides is 1. The number of hydrogen-bond acceptors (Lipinski definition) is 6. The first-order valence-corrected chi connectivity index (χ1v) is 7.97. The molecule has 0 unspecified atom stereocenters. The standard InChI is InChI=1S/C9H15BrN4O4S/c1-14-8(7(10)12-13-14)19(16,17)11-6-9(15)2-4-18-5-3-9/h11,15H,2-6H2,1H3. The van der Waals surface area contributed by atoms with Crippen molar-refractivity contribution in [3.8, 4) is 0 Å². The molecule has 0 radical (unpaired) electrons. The van der Waals surface area contributed by atoms with Gasteiger partial charge in [-0.25, -0.2) is 17.8 Å². The van der Waals surface area contributed by atoms with Crippen LogP contribution in [0.5, 0.6) is 0 Å². The number of aromatic nitrogens is 3. The van der Waals surface area contributed by atoms with Crippen molar-refractivity contribution in [3.63, 3.8) is 0 Å². The van der Waals surface area contributed by atoms with E-state index in [0.717, 1.165) is 4.68 Å². The van der Waals surface area contributed by atoms with Gasteiger partial charge in [-0.15, -0.1) is 5.10 Å². The fourth-order valence-electron chi connectivity index (χ4n) is 1.83. The first kappa shape index (κ1) is 14.9. The molecule has 108 valence electrons. The van der Waals surface area contributed by atoms with Crippen molar-refractivity contribution in [1.29, 1.82) is 0 Å². The summed E-state index contributed by atoms with van der Waals surface area (Å²) in [5.74, 6) is 0. The molecular formula is C9H15BrN4O4S. The fourth-order valence-corrected chi connectivity index (χ4v) is 4.04. The smallest absolute Gasteiger partial charge is 0.260 e. The second-order valence-corrected chi connectivity index (χ2v) is 6.90. The number of ether oxygens (including phenoxy) is 1. The molecule has 0 atom stereocenters. The molecule has 0 amide bonds. The van der Waals surface area contributed by atoms with Gasteiger partial charge in [0.2, 0.25) is 5.03 Å². The third kappa shape index (κ3) is 3.31. The fraction of sp³-hybridized carbons (Fsp3) is 0.778. The van der Waals surface area contributed by atoms with Crippen LogP contribution < -0.4 is 4.72 Å². The van der Waals surface area contributed by atoms with Gasteiger partial charge in [0.05, 0.1) is 5.60 Å². The Balaban J connectivity index is 2.10. The third-order valence-electron chi connectivity index (χ3n) is 3.01. The average Bonchev–Trinajstić information content (AvgIpc) is 2.68. The Labute approximate surface area is 119 Å². The van der Waals surface area contributed by atoms with Crippen LogP contribution in [0.25, 0.3) is 0 Å². The summed E-state index contributed by atoms with van der Waals surface area (Å²) in [5, 5.41) is 17.4. The molecule has 0 saturated carbocycles. The molecule has 0 bridgehead atoms. The minimum Gasteiger partial charge on any atom is -0.388 e. The summed E-state index contributed by atoms with van der Waals surface area (Å²) in [6.07, 6.45) is 0.806. The predicted molar refractivity (Wildman–Crippen MR) is 68.9 cm³/mol. The van der Waals surface area contributed by atoms with Crippen molar-refractivity contribution in [3.05, 3.63) is 4.60 Å². The predicted octanol–water partition coefficient (Wildman–Crippen LogP) is -0.603. The van der Waals surface area contributed by atoms with E-state index in [1.54, 1.807) is 0 Å². The minimum atomic E-state index is -3.78. The van der Waals surface area contributed by atoms with Crippen molar-refractivity contribution in [2.24, 2.45) is 7.05 Å². The third-order valence-corrected chi connectivity index (χ3v) is 5.29. The Bertz CT molecular complexity index is 533. The molecule has 0 aromatic carbocycles. The molecular weight excluding hydrogens is 340 g/mol. The van der Waals surface area contributed by atoms with Gasteiger partial charge in [0.25, 0.3) is 10.0 Å². The van der Waals surface area contributed by atoms with E-state index >= 15 is 0 Å². The van der Waals surface area contributed by atoms with E-state index in [1.807, 2.05) is 0 Å². The maximum atomic E-state index is 12.1. The van der Waals surface area contributed by atoms with Gasteiger partial charge in [0.1, 0.15) is 0 Å². The lowest BCUT2D eigenvalue weighted by molar-refractivity contribution is -0.0588. The Hall–Kier alpha value is -0.550. The van der Waals surface area contributed by atoms with E-state index in [-0.39, 0.29) is 16.2 Å². The van der Waals surface area contributed by atoms with Crippen LogP contribution in [0.2, 0.25) is 0 Å². The van der Waals surface area contributed by atoms with Gasteiger partial charge in [0.15, 0.2) is 4.60 Å². The zero-order valence-corrected chi connectivity index (χ0v) is 12.7. The Morgan fingerprint density at radius 1 is 1.53 bits per heavy atom. The van der Waals surface area contributed by atoms with Crippen molar-refractivity contribution < 1.29 is 18.3 Å². The van der Waals surface area contributed by atoms with E-state index in [2.05, 4.69) is 31.0 Å². The van der Waals surface area contributed by atoms with Crippen LogP contribution in [0.3, 0.4) is 0 Å². The highest BCUT2D eigenvalue weighted by Crippen LogP contribution is 2.22. The van der Waals surface area contributed by atoms with Crippen LogP contribution in [-0.2, 0) is 21.8 Å². The molecule has 1 aromatic rings. The molecule has 8 nitrogen and oxygen atoms in total. The molecule has 0 spiro atoms. The zero-order valence-electron chi connectivity index (χ0n) is 10.3. The van der Waals surface area contributed by atoms with Gasteiger partial charge in [0, 0.05) is 39.6 Å². The molecule has 1 fully saturated rings. The van der Waals surface area contributed by atoms with Crippen LogP contribution >= 0.6 is 15.9 Å². The summed E-state index contributed by atoms with van der Waals surface area (Å²) >= 11 is 3.04. The number of hydrogen-bond donors (Lipinski definition) is 2. The zero-order chi connectivity index (χ0) is 14.1. The lowest BCUT2D eigenvalue weighted by Gasteiger charge is -2.31. The number of nitrogens with one attached hydrogen (secondary N) is 1. The van der Waals surface area contributed by atoms with Crippen molar-refractivity contribution in [1.82, 2.24) is 19.7 Å². The second-order valence-electron chi connectivity index (χ2n) is 4.47. The maximum absolute atomic E-state index is 12.1. The molecule has 1 aliphatic heterocycles. The molecule has 2 N–H and O–H groups in total. The number of aryl methyl sites for hydroxylation is 1.